The van der Waals surface area contributed by atoms with Gasteiger partial charge in [-0.15, -0.1) is 0 Å². The number of carbonyl (C=O) groups excluding carboxylic acids is 1. The lowest BCUT2D eigenvalue weighted by atomic mass is 10.2. The molecule has 30 heavy (non-hydrogen) atoms. The number of anilines is 1. The van der Waals surface area contributed by atoms with Gasteiger partial charge in [0.15, 0.2) is 5.58 Å². The van der Waals surface area contributed by atoms with Crippen LogP contribution in [0.25, 0.3) is 22.6 Å². The molecular formula is C23H19ClN2O4. The molecular weight excluding hydrogens is 404 g/mol. The van der Waals surface area contributed by atoms with E-state index in [4.69, 9.17) is 25.5 Å². The van der Waals surface area contributed by atoms with Gasteiger partial charge < -0.3 is 19.2 Å². The van der Waals surface area contributed by atoms with Crippen LogP contribution in [-0.2, 0) is 0 Å². The number of nitrogens with one attached hydrogen (secondary N) is 1. The Balaban J connectivity index is 1.55. The van der Waals surface area contributed by atoms with E-state index in [0.29, 0.717) is 45.6 Å². The third-order valence-electron chi connectivity index (χ3n) is 4.47. The summed E-state index contributed by atoms with van der Waals surface area (Å²) in [5.74, 6) is 1.52. The van der Waals surface area contributed by atoms with Gasteiger partial charge in [-0.2, -0.15) is 0 Å². The summed E-state index contributed by atoms with van der Waals surface area (Å²) in [6.45, 7) is 2.49. The average molecular weight is 423 g/mol. The smallest absolute Gasteiger partial charge is 0.255 e. The molecule has 0 aliphatic carbocycles. The van der Waals surface area contributed by atoms with Crippen LogP contribution >= 0.6 is 11.6 Å². The molecule has 152 valence electrons. The van der Waals surface area contributed by atoms with Crippen molar-refractivity contribution in [3.05, 3.63) is 71.2 Å². The number of fused-ring (bicyclic) bond motifs is 1. The first-order valence-corrected chi connectivity index (χ1v) is 9.74. The van der Waals surface area contributed by atoms with Gasteiger partial charge in [0.2, 0.25) is 5.89 Å². The molecule has 0 atom stereocenters. The predicted molar refractivity (Wildman–Crippen MR) is 117 cm³/mol. The number of amides is 1. The number of carbonyl (C=O) groups is 1. The fraction of sp³-hybridized carbons (Fsp3) is 0.130. The molecule has 3 aromatic carbocycles. The van der Waals surface area contributed by atoms with Gasteiger partial charge in [-0.3, -0.25) is 4.79 Å². The molecule has 1 heterocycles. The van der Waals surface area contributed by atoms with Crippen LogP contribution in [0.5, 0.6) is 11.5 Å². The quantitative estimate of drug-likeness (QED) is 0.424. The van der Waals surface area contributed by atoms with E-state index in [1.807, 2.05) is 13.0 Å². The molecule has 0 saturated heterocycles. The average Bonchev–Trinajstić information content (AvgIpc) is 3.18. The van der Waals surface area contributed by atoms with E-state index in [9.17, 15) is 4.79 Å². The van der Waals surface area contributed by atoms with Crippen LogP contribution in [0.15, 0.2) is 65.1 Å². The molecule has 4 aromatic rings. The van der Waals surface area contributed by atoms with E-state index in [0.717, 1.165) is 11.3 Å². The van der Waals surface area contributed by atoms with Crippen molar-refractivity contribution in [1.82, 2.24) is 4.98 Å². The van der Waals surface area contributed by atoms with Crippen molar-refractivity contribution >= 4 is 34.3 Å². The Morgan fingerprint density at radius 2 is 1.90 bits per heavy atom. The largest absolute Gasteiger partial charge is 0.495 e. The minimum absolute atomic E-state index is 0.219. The van der Waals surface area contributed by atoms with Crippen molar-refractivity contribution in [2.24, 2.45) is 0 Å². The van der Waals surface area contributed by atoms with Crippen molar-refractivity contribution in [2.45, 2.75) is 6.92 Å². The van der Waals surface area contributed by atoms with Crippen LogP contribution in [0.2, 0.25) is 5.02 Å². The molecule has 0 aliphatic heterocycles. The zero-order chi connectivity index (χ0) is 21.1. The SMILES string of the molecule is CCOc1ccc(C(=O)Nc2ccc3oc(-c4ccc(OC)c(Cl)c4)nc3c2)cc1. The molecule has 1 N–H and O–H groups in total. The summed E-state index contributed by atoms with van der Waals surface area (Å²) in [5, 5.41) is 3.35. The van der Waals surface area contributed by atoms with Gasteiger partial charge in [-0.1, -0.05) is 11.6 Å². The predicted octanol–water partition coefficient (Wildman–Crippen LogP) is 5.81. The molecule has 4 rings (SSSR count). The second kappa shape index (κ2) is 8.47. The van der Waals surface area contributed by atoms with Gasteiger partial charge in [0.1, 0.15) is 17.0 Å². The van der Waals surface area contributed by atoms with Crippen LogP contribution in [0, 0.1) is 0 Å². The van der Waals surface area contributed by atoms with E-state index in [-0.39, 0.29) is 5.91 Å². The fourth-order valence-corrected chi connectivity index (χ4v) is 3.26. The van der Waals surface area contributed by atoms with E-state index in [1.54, 1.807) is 61.7 Å². The summed E-state index contributed by atoms with van der Waals surface area (Å²) in [5.41, 5.74) is 3.12. The number of ether oxygens (including phenoxy) is 2. The minimum Gasteiger partial charge on any atom is -0.495 e. The summed E-state index contributed by atoms with van der Waals surface area (Å²) in [7, 11) is 1.56. The standard InChI is InChI=1S/C23H19ClN2O4/c1-3-29-17-8-4-14(5-9-17)22(27)25-16-7-11-21-19(13-16)26-23(30-21)15-6-10-20(28-2)18(24)12-15/h4-13H,3H2,1-2H3,(H,25,27). The Morgan fingerprint density at radius 3 is 2.60 bits per heavy atom. The summed E-state index contributed by atoms with van der Waals surface area (Å²) < 4.78 is 16.4. The highest BCUT2D eigenvalue weighted by Crippen LogP contribution is 2.32. The number of hydrogen-bond donors (Lipinski definition) is 1. The summed E-state index contributed by atoms with van der Waals surface area (Å²) in [6, 6.07) is 17.6. The van der Waals surface area contributed by atoms with Crippen LogP contribution in [0.3, 0.4) is 0 Å². The lowest BCUT2D eigenvalue weighted by molar-refractivity contribution is 0.102. The highest BCUT2D eigenvalue weighted by Gasteiger charge is 2.12. The summed E-state index contributed by atoms with van der Waals surface area (Å²) in [6.07, 6.45) is 0. The maximum absolute atomic E-state index is 12.5. The second-order valence-electron chi connectivity index (χ2n) is 6.46. The Bertz CT molecular complexity index is 1200. The highest BCUT2D eigenvalue weighted by molar-refractivity contribution is 6.32. The van der Waals surface area contributed by atoms with Gasteiger partial charge in [0.25, 0.3) is 5.91 Å². The minimum atomic E-state index is -0.219. The number of hydrogen-bond acceptors (Lipinski definition) is 5. The van der Waals surface area contributed by atoms with Crippen molar-refractivity contribution in [3.8, 4) is 23.0 Å². The van der Waals surface area contributed by atoms with Gasteiger partial charge in [-0.25, -0.2) is 4.98 Å². The number of rotatable bonds is 6. The van der Waals surface area contributed by atoms with Gasteiger partial charge in [0.05, 0.1) is 18.7 Å². The molecule has 0 fully saturated rings. The summed E-state index contributed by atoms with van der Waals surface area (Å²) in [4.78, 5) is 17.0. The van der Waals surface area contributed by atoms with E-state index < -0.39 is 0 Å². The third kappa shape index (κ3) is 4.09. The van der Waals surface area contributed by atoms with E-state index in [1.165, 1.54) is 0 Å². The van der Waals surface area contributed by atoms with Gasteiger partial charge in [-0.05, 0) is 67.6 Å². The molecule has 0 aliphatic rings. The number of halogens is 1. The third-order valence-corrected chi connectivity index (χ3v) is 4.77. The van der Waals surface area contributed by atoms with Crippen LogP contribution in [-0.4, -0.2) is 24.6 Å². The van der Waals surface area contributed by atoms with Crippen LogP contribution < -0.4 is 14.8 Å². The molecule has 0 bridgehead atoms. The number of methoxy groups -OCH3 is 1. The number of nitrogens with zero attached hydrogens (tertiary/aromatic N) is 1. The molecule has 0 saturated carbocycles. The van der Waals surface area contributed by atoms with Crippen LogP contribution in [0.4, 0.5) is 5.69 Å². The number of aromatic nitrogens is 1. The molecule has 0 unspecified atom stereocenters. The summed E-state index contributed by atoms with van der Waals surface area (Å²) >= 11 is 6.20. The van der Waals surface area contributed by atoms with Crippen molar-refractivity contribution < 1.29 is 18.7 Å². The normalized spacial score (nSPS) is 10.8. The van der Waals surface area contributed by atoms with Crippen molar-refractivity contribution in [1.29, 1.82) is 0 Å². The zero-order valence-electron chi connectivity index (χ0n) is 16.4. The van der Waals surface area contributed by atoms with Crippen molar-refractivity contribution in [2.75, 3.05) is 19.0 Å². The first kappa shape index (κ1) is 19.8. The molecule has 0 spiro atoms. The van der Waals surface area contributed by atoms with Gasteiger partial charge in [0, 0.05) is 16.8 Å². The van der Waals surface area contributed by atoms with Crippen LogP contribution in [0.1, 0.15) is 17.3 Å². The molecule has 6 nitrogen and oxygen atoms in total. The fourth-order valence-electron chi connectivity index (χ4n) is 3.00. The van der Waals surface area contributed by atoms with E-state index in [2.05, 4.69) is 10.3 Å². The molecule has 7 heteroatoms. The maximum Gasteiger partial charge on any atom is 0.255 e. The number of oxazole rings is 1. The molecule has 1 aromatic heterocycles. The second-order valence-corrected chi connectivity index (χ2v) is 6.87. The Kier molecular flexibility index (Phi) is 5.59. The topological polar surface area (TPSA) is 73.6 Å². The van der Waals surface area contributed by atoms with Gasteiger partial charge >= 0.3 is 0 Å². The first-order valence-electron chi connectivity index (χ1n) is 9.36. The number of benzene rings is 3. The van der Waals surface area contributed by atoms with Crippen molar-refractivity contribution in [3.63, 3.8) is 0 Å². The lowest BCUT2D eigenvalue weighted by Gasteiger charge is -2.06. The zero-order valence-corrected chi connectivity index (χ0v) is 17.2. The molecule has 1 amide bonds. The Morgan fingerprint density at radius 1 is 1.10 bits per heavy atom. The highest BCUT2D eigenvalue weighted by atomic mass is 35.5. The maximum atomic E-state index is 12.5. The molecule has 0 radical (unpaired) electrons. The monoisotopic (exact) mass is 422 g/mol. The van der Waals surface area contributed by atoms with E-state index >= 15 is 0 Å². The Hall–Kier alpha value is -3.51. The lowest BCUT2D eigenvalue weighted by Crippen LogP contribution is -2.11. The Labute approximate surface area is 178 Å². The first-order chi connectivity index (χ1) is 14.6.